The molecule has 0 heterocycles. The molecule has 0 amide bonds. The van der Waals surface area contributed by atoms with E-state index in [0.717, 1.165) is 12.8 Å². The third-order valence-electron chi connectivity index (χ3n) is 2.73. The lowest BCUT2D eigenvalue weighted by Gasteiger charge is -2.06. The fourth-order valence-corrected chi connectivity index (χ4v) is 2.07. The van der Waals surface area contributed by atoms with Crippen LogP contribution < -0.4 is 0 Å². The van der Waals surface area contributed by atoms with Gasteiger partial charge in [-0.3, -0.25) is 4.18 Å². The molecule has 0 unspecified atom stereocenters. The molecule has 0 N–H and O–H groups in total. The van der Waals surface area contributed by atoms with Crippen LogP contribution >= 0.6 is 0 Å². The zero-order valence-corrected chi connectivity index (χ0v) is 13.0. The SMILES string of the molecule is CCCCCCCCCCCCOS(=O)(=O)[O-].[ClH2+]. The molecule has 0 radical (unpaired) electrons. The van der Waals surface area contributed by atoms with Gasteiger partial charge in [-0.2, -0.15) is 0 Å². The Hall–Kier alpha value is 0.160. The highest BCUT2D eigenvalue weighted by Crippen LogP contribution is 2.10. The van der Waals surface area contributed by atoms with E-state index in [2.05, 4.69) is 11.1 Å². The normalized spacial score (nSPS) is 11.2. The van der Waals surface area contributed by atoms with Crippen LogP contribution in [-0.2, 0) is 14.6 Å². The van der Waals surface area contributed by atoms with Gasteiger partial charge in [0.15, 0.2) is 0 Å². The summed E-state index contributed by atoms with van der Waals surface area (Å²) in [5.74, 6) is 0. The maximum absolute atomic E-state index is 10.1. The Morgan fingerprint density at radius 3 is 1.61 bits per heavy atom. The zero-order valence-electron chi connectivity index (χ0n) is 11.3. The Bertz CT molecular complexity index is 255. The molecule has 0 fully saturated rings. The molecule has 0 bridgehead atoms. The fourth-order valence-electron chi connectivity index (χ4n) is 1.75. The molecular formula is C12H27ClO4S. The average molecular weight is 303 g/mol. The number of rotatable bonds is 12. The van der Waals surface area contributed by atoms with Crippen LogP contribution in [0.4, 0.5) is 0 Å². The van der Waals surface area contributed by atoms with Crippen molar-refractivity contribution >= 4 is 10.4 Å². The monoisotopic (exact) mass is 302 g/mol. The van der Waals surface area contributed by atoms with Gasteiger partial charge < -0.3 is 4.55 Å². The van der Waals surface area contributed by atoms with Gasteiger partial charge in [0.2, 0.25) is 10.4 Å². The third kappa shape index (κ3) is 18.5. The lowest BCUT2D eigenvalue weighted by atomic mass is 10.1. The Morgan fingerprint density at radius 2 is 1.22 bits per heavy atom. The number of halogens is 1. The van der Waals surface area contributed by atoms with Crippen molar-refractivity contribution in [3.63, 3.8) is 0 Å². The molecule has 0 rings (SSSR count). The van der Waals surface area contributed by atoms with Crippen LogP contribution in [-0.4, -0.2) is 19.6 Å². The maximum atomic E-state index is 10.1. The molecule has 6 heteroatoms. The Labute approximate surface area is 118 Å². The van der Waals surface area contributed by atoms with Crippen LogP contribution in [0.1, 0.15) is 71.1 Å². The van der Waals surface area contributed by atoms with E-state index < -0.39 is 10.4 Å². The van der Waals surface area contributed by atoms with Gasteiger partial charge in [0.05, 0.1) is 19.0 Å². The number of hydrogen-bond donors (Lipinski definition) is 0. The van der Waals surface area contributed by atoms with E-state index in [-0.39, 0.29) is 19.0 Å². The molecule has 0 aromatic rings. The van der Waals surface area contributed by atoms with Crippen LogP contribution in [0.3, 0.4) is 0 Å². The Balaban J connectivity index is 0. The number of unbranched alkanes of at least 4 members (excludes halogenated alkanes) is 9. The highest BCUT2D eigenvalue weighted by atomic mass is 35.5. The van der Waals surface area contributed by atoms with Crippen molar-refractivity contribution in [2.24, 2.45) is 0 Å². The first-order chi connectivity index (χ1) is 8.06. The van der Waals surface area contributed by atoms with Gasteiger partial charge in [-0.05, 0) is 6.42 Å². The first kappa shape index (κ1) is 20.5. The summed E-state index contributed by atoms with van der Waals surface area (Å²) in [4.78, 5) is 0. The minimum atomic E-state index is -4.48. The van der Waals surface area contributed by atoms with Crippen LogP contribution in [0.15, 0.2) is 0 Å². The molecule has 4 nitrogen and oxygen atoms in total. The summed E-state index contributed by atoms with van der Waals surface area (Å²) in [6.45, 7) is 2.24. The topological polar surface area (TPSA) is 66.4 Å². The summed E-state index contributed by atoms with van der Waals surface area (Å²) in [7, 11) is -4.48. The van der Waals surface area contributed by atoms with Gasteiger partial charge in [0.1, 0.15) is 0 Å². The second-order valence-electron chi connectivity index (χ2n) is 4.41. The van der Waals surface area contributed by atoms with E-state index in [1.165, 1.54) is 44.9 Å². The molecule has 0 spiro atoms. The quantitative estimate of drug-likeness (QED) is 0.316. The zero-order chi connectivity index (χ0) is 13.0. The van der Waals surface area contributed by atoms with Crippen LogP contribution in [0, 0.1) is 12.4 Å². The van der Waals surface area contributed by atoms with E-state index in [1.807, 2.05) is 0 Å². The predicted molar refractivity (Wildman–Crippen MR) is 70.3 cm³/mol. The van der Waals surface area contributed by atoms with Crippen molar-refractivity contribution < 1.29 is 29.6 Å². The maximum Gasteiger partial charge on any atom is 0.217 e. The predicted octanol–water partition coefficient (Wildman–Crippen LogP) is 2.85. The van der Waals surface area contributed by atoms with Crippen molar-refractivity contribution in [3.8, 4) is 0 Å². The Kier molecular flexibility index (Phi) is 15.5. The van der Waals surface area contributed by atoms with Crippen LogP contribution in [0.25, 0.3) is 0 Å². The highest BCUT2D eigenvalue weighted by molar-refractivity contribution is 7.80. The van der Waals surface area contributed by atoms with Crippen molar-refractivity contribution in [1.82, 2.24) is 0 Å². The molecule has 0 aliphatic carbocycles. The molecule has 0 saturated carbocycles. The van der Waals surface area contributed by atoms with E-state index in [9.17, 15) is 13.0 Å². The summed E-state index contributed by atoms with van der Waals surface area (Å²) < 4.78 is 34.5. The van der Waals surface area contributed by atoms with E-state index >= 15 is 0 Å². The van der Waals surface area contributed by atoms with Crippen molar-refractivity contribution in [3.05, 3.63) is 0 Å². The highest BCUT2D eigenvalue weighted by Gasteiger charge is 1.95. The molecule has 0 aliphatic heterocycles. The van der Waals surface area contributed by atoms with Gasteiger partial charge in [0, 0.05) is 0 Å². The first-order valence-corrected chi connectivity index (χ1v) is 8.00. The number of hydrogen-bond acceptors (Lipinski definition) is 4. The molecule has 112 valence electrons. The largest absolute Gasteiger partial charge is 0.726 e. The molecule has 0 aromatic heterocycles. The molecule has 0 aliphatic rings. The van der Waals surface area contributed by atoms with Crippen molar-refractivity contribution in [2.45, 2.75) is 71.1 Å². The first-order valence-electron chi connectivity index (χ1n) is 6.66. The molecule has 0 atom stereocenters. The summed E-state index contributed by atoms with van der Waals surface area (Å²) in [6.07, 6.45) is 11.7. The second kappa shape index (κ2) is 13.6. The van der Waals surface area contributed by atoms with E-state index in [4.69, 9.17) is 0 Å². The van der Waals surface area contributed by atoms with Crippen molar-refractivity contribution in [2.75, 3.05) is 6.61 Å². The molecule has 0 aromatic carbocycles. The Morgan fingerprint density at radius 1 is 0.833 bits per heavy atom. The fraction of sp³-hybridized carbons (Fsp3) is 1.00. The molecule has 18 heavy (non-hydrogen) atoms. The van der Waals surface area contributed by atoms with Crippen LogP contribution in [0.2, 0.25) is 0 Å². The van der Waals surface area contributed by atoms with Gasteiger partial charge in [-0.25, -0.2) is 8.42 Å². The summed E-state index contributed by atoms with van der Waals surface area (Å²) >= 11 is 0. The lowest BCUT2D eigenvalue weighted by molar-refractivity contribution is -0.0000105. The standard InChI is InChI=1S/C12H26O4S.ClH2/c1-2-3-4-5-6-7-8-9-10-11-12-16-17(13,14)15;/h2-12H2,1H3,(H,13,14,15);1H2/q;+1/p-1. The summed E-state index contributed by atoms with van der Waals surface area (Å²) in [5.41, 5.74) is 0. The van der Waals surface area contributed by atoms with Gasteiger partial charge in [-0.15, -0.1) is 0 Å². The van der Waals surface area contributed by atoms with E-state index in [0.29, 0.717) is 6.42 Å². The van der Waals surface area contributed by atoms with Gasteiger partial charge in [0.25, 0.3) is 0 Å². The average Bonchev–Trinajstić information content (AvgIpc) is 2.24. The van der Waals surface area contributed by atoms with E-state index in [1.54, 1.807) is 0 Å². The molecular weight excluding hydrogens is 276 g/mol. The van der Waals surface area contributed by atoms with Crippen molar-refractivity contribution in [1.29, 1.82) is 0 Å². The molecule has 0 saturated heterocycles. The minimum absolute atomic E-state index is 0. The van der Waals surface area contributed by atoms with Gasteiger partial charge in [-0.1, -0.05) is 64.7 Å². The lowest BCUT2D eigenvalue weighted by Crippen LogP contribution is -2.05. The summed E-state index contributed by atoms with van der Waals surface area (Å²) in [5, 5.41) is 0. The summed E-state index contributed by atoms with van der Waals surface area (Å²) in [6, 6.07) is 0. The van der Waals surface area contributed by atoms with Gasteiger partial charge >= 0.3 is 0 Å². The third-order valence-corrected chi connectivity index (χ3v) is 3.18. The second-order valence-corrected chi connectivity index (χ2v) is 5.46. The van der Waals surface area contributed by atoms with Crippen LogP contribution in [0.5, 0.6) is 0 Å². The smallest absolute Gasteiger partial charge is 0.217 e. The minimum Gasteiger partial charge on any atom is -0.726 e.